The number of rotatable bonds is 5. The van der Waals surface area contributed by atoms with Crippen LogP contribution in [0.5, 0.6) is 0 Å². The zero-order chi connectivity index (χ0) is 24.2. The number of aromatic nitrogens is 2. The van der Waals surface area contributed by atoms with Crippen molar-refractivity contribution in [2.24, 2.45) is 0 Å². The van der Waals surface area contributed by atoms with Gasteiger partial charge < -0.3 is 16.0 Å². The van der Waals surface area contributed by atoms with Gasteiger partial charge in [-0.15, -0.1) is 11.3 Å². The molecule has 3 aromatic heterocycles. The maximum atomic E-state index is 13.2. The van der Waals surface area contributed by atoms with Crippen LogP contribution in [0.15, 0.2) is 49.4 Å². The second kappa shape index (κ2) is 10.0. The van der Waals surface area contributed by atoms with Gasteiger partial charge in [-0.25, -0.2) is 9.78 Å². The van der Waals surface area contributed by atoms with Gasteiger partial charge in [0.25, 0.3) is 5.91 Å². The molecule has 0 unspecified atom stereocenters. The Balaban J connectivity index is 0.00000133. The van der Waals surface area contributed by atoms with E-state index in [1.807, 2.05) is 13.8 Å². The van der Waals surface area contributed by atoms with Gasteiger partial charge in [0.15, 0.2) is 0 Å². The van der Waals surface area contributed by atoms with Gasteiger partial charge in [0.1, 0.15) is 9.71 Å². The first kappa shape index (κ1) is 23.4. The molecule has 1 fully saturated rings. The average Bonchev–Trinajstić information content (AvgIpc) is 3.46. The molecule has 0 saturated heterocycles. The largest absolute Gasteiger partial charge is 0.348 e. The van der Waals surface area contributed by atoms with Crippen molar-refractivity contribution >= 4 is 56.5 Å². The van der Waals surface area contributed by atoms with E-state index in [0.29, 0.717) is 32.2 Å². The molecule has 4 heterocycles. The molecule has 10 heteroatoms. The van der Waals surface area contributed by atoms with Crippen LogP contribution in [0.4, 0.5) is 21.9 Å². The molecule has 2 aliphatic rings. The highest BCUT2D eigenvalue weighted by Gasteiger charge is 2.35. The third kappa shape index (κ3) is 4.24. The molecular weight excluding hydrogens is 452 g/mol. The average molecular weight is 479 g/mol. The summed E-state index contributed by atoms with van der Waals surface area (Å²) in [5, 5.41) is 9.49. The first-order valence-corrected chi connectivity index (χ1v) is 12.0. The Morgan fingerprint density at radius 1 is 1.21 bits per heavy atom. The quantitative estimate of drug-likeness (QED) is 0.471. The number of nitrogens with zero attached hydrogens (tertiary/aromatic N) is 3. The van der Waals surface area contributed by atoms with Crippen molar-refractivity contribution in [3.63, 3.8) is 0 Å². The third-order valence-electron chi connectivity index (χ3n) is 5.70. The Bertz CT molecular complexity index is 1240. The van der Waals surface area contributed by atoms with Crippen LogP contribution in [-0.2, 0) is 4.79 Å². The first-order valence-electron chi connectivity index (χ1n) is 11.2. The van der Waals surface area contributed by atoms with Gasteiger partial charge in [0.05, 0.1) is 28.6 Å². The topological polar surface area (TPSA) is 116 Å². The number of anilines is 3. The van der Waals surface area contributed by atoms with E-state index in [9.17, 15) is 14.4 Å². The number of carbonyl (C=O) groups excluding carboxylic acids is 3. The van der Waals surface area contributed by atoms with Crippen molar-refractivity contribution in [2.75, 3.05) is 10.2 Å². The van der Waals surface area contributed by atoms with Crippen LogP contribution in [0.3, 0.4) is 0 Å². The molecule has 1 aliphatic heterocycles. The fourth-order valence-electron chi connectivity index (χ4n) is 4.27. The summed E-state index contributed by atoms with van der Waals surface area (Å²) in [5.41, 5.74) is 1.72. The molecule has 1 saturated carbocycles. The Morgan fingerprint density at radius 2 is 1.97 bits per heavy atom. The van der Waals surface area contributed by atoms with Crippen LogP contribution >= 0.6 is 11.3 Å². The molecule has 3 aromatic rings. The number of carbonyl (C=O) groups is 3. The van der Waals surface area contributed by atoms with E-state index in [1.165, 1.54) is 22.3 Å². The highest BCUT2D eigenvalue weighted by atomic mass is 32.1. The Hall–Kier alpha value is -3.79. The van der Waals surface area contributed by atoms with Gasteiger partial charge in [-0.3, -0.25) is 19.5 Å². The highest BCUT2D eigenvalue weighted by Crippen LogP contribution is 2.45. The lowest BCUT2D eigenvalue weighted by Gasteiger charge is -2.28. The fraction of sp³-hybridized carbons (Fsp3) is 0.292. The number of hydrogen-bond acceptors (Lipinski definition) is 6. The second-order valence-corrected chi connectivity index (χ2v) is 8.62. The van der Waals surface area contributed by atoms with Crippen molar-refractivity contribution in [1.29, 1.82) is 0 Å². The summed E-state index contributed by atoms with van der Waals surface area (Å²) in [6.07, 6.45) is 8.54. The molecule has 34 heavy (non-hydrogen) atoms. The van der Waals surface area contributed by atoms with Gasteiger partial charge in [-0.1, -0.05) is 20.4 Å². The summed E-state index contributed by atoms with van der Waals surface area (Å²) in [4.78, 5) is 49.0. The third-order valence-corrected chi connectivity index (χ3v) is 6.80. The summed E-state index contributed by atoms with van der Waals surface area (Å²) in [6, 6.07) is 4.58. The summed E-state index contributed by atoms with van der Waals surface area (Å²) in [6.45, 7) is 7.48. The minimum absolute atomic E-state index is 0.153. The van der Waals surface area contributed by atoms with E-state index < -0.39 is 0 Å². The van der Waals surface area contributed by atoms with Crippen molar-refractivity contribution in [3.05, 3.63) is 54.3 Å². The first-order chi connectivity index (χ1) is 16.6. The van der Waals surface area contributed by atoms with Gasteiger partial charge >= 0.3 is 6.03 Å². The standard InChI is InChI=1S/C22H20N6O3S.C2H6/c1-2-16(29)25-13-6-3-7-14(13)26-20(30)19-18-17-15(8-10-24-21(17)32-19)28(22(31)27-18)12-5-4-9-23-11-12;1-2/h2,4-5,8-11,13-14H,1,3,6-7H2,(H,25,29)(H,26,30)(H,27,31);1-2H3/t13-,14+;/m1./s1. The lowest BCUT2D eigenvalue weighted by atomic mass is 10.1. The summed E-state index contributed by atoms with van der Waals surface area (Å²) in [5.74, 6) is -0.557. The second-order valence-electron chi connectivity index (χ2n) is 7.62. The smallest absolute Gasteiger partial charge is 0.331 e. The lowest BCUT2D eigenvalue weighted by molar-refractivity contribution is -0.117. The highest BCUT2D eigenvalue weighted by molar-refractivity contribution is 7.21. The molecule has 1 aliphatic carbocycles. The molecule has 4 amide bonds. The number of nitrogens with one attached hydrogen (secondary N) is 3. The van der Waals surface area contributed by atoms with Gasteiger partial charge in [-0.2, -0.15) is 0 Å². The van der Waals surface area contributed by atoms with E-state index in [-0.39, 0.29) is 29.9 Å². The molecular formula is C24H26N6O3S. The van der Waals surface area contributed by atoms with Crippen molar-refractivity contribution in [3.8, 4) is 0 Å². The number of amides is 4. The molecule has 9 nitrogen and oxygen atoms in total. The van der Waals surface area contributed by atoms with Crippen LogP contribution in [-0.4, -0.2) is 39.9 Å². The monoisotopic (exact) mass is 478 g/mol. The van der Waals surface area contributed by atoms with Crippen molar-refractivity contribution < 1.29 is 14.4 Å². The van der Waals surface area contributed by atoms with E-state index in [0.717, 1.165) is 19.3 Å². The zero-order valence-electron chi connectivity index (χ0n) is 19.0. The van der Waals surface area contributed by atoms with Crippen LogP contribution < -0.4 is 20.9 Å². The van der Waals surface area contributed by atoms with Crippen LogP contribution in [0, 0.1) is 0 Å². The number of pyridine rings is 2. The normalized spacial score (nSPS) is 18.5. The number of urea groups is 1. The predicted molar refractivity (Wildman–Crippen MR) is 134 cm³/mol. The van der Waals surface area contributed by atoms with Crippen molar-refractivity contribution in [2.45, 2.75) is 45.2 Å². The van der Waals surface area contributed by atoms with Crippen LogP contribution in [0.1, 0.15) is 42.8 Å². The Morgan fingerprint density at radius 3 is 2.68 bits per heavy atom. The molecule has 0 bridgehead atoms. The maximum absolute atomic E-state index is 13.2. The van der Waals surface area contributed by atoms with Gasteiger partial charge in [-0.05, 0) is 43.5 Å². The minimum atomic E-state index is -0.373. The van der Waals surface area contributed by atoms with E-state index >= 15 is 0 Å². The molecule has 0 radical (unpaired) electrons. The van der Waals surface area contributed by atoms with Crippen molar-refractivity contribution in [1.82, 2.24) is 20.6 Å². The van der Waals surface area contributed by atoms with Crippen LogP contribution in [0.2, 0.25) is 0 Å². The molecule has 5 rings (SSSR count). The summed E-state index contributed by atoms with van der Waals surface area (Å²) < 4.78 is 0. The molecule has 2 atom stereocenters. The molecule has 0 aromatic carbocycles. The van der Waals surface area contributed by atoms with E-state index in [4.69, 9.17) is 0 Å². The van der Waals surface area contributed by atoms with E-state index in [1.54, 1.807) is 36.8 Å². The van der Waals surface area contributed by atoms with Gasteiger partial charge in [0.2, 0.25) is 5.91 Å². The Labute approximate surface area is 201 Å². The summed E-state index contributed by atoms with van der Waals surface area (Å²) in [7, 11) is 0. The number of thiophene rings is 1. The molecule has 176 valence electrons. The van der Waals surface area contributed by atoms with Crippen LogP contribution in [0.25, 0.3) is 10.2 Å². The fourth-order valence-corrected chi connectivity index (χ4v) is 5.29. The minimum Gasteiger partial charge on any atom is -0.348 e. The summed E-state index contributed by atoms with van der Waals surface area (Å²) >= 11 is 1.23. The molecule has 0 spiro atoms. The zero-order valence-corrected chi connectivity index (χ0v) is 19.8. The van der Waals surface area contributed by atoms with Gasteiger partial charge in [0, 0.05) is 24.5 Å². The molecule has 3 N–H and O–H groups in total. The number of hydrogen-bond donors (Lipinski definition) is 3. The van der Waals surface area contributed by atoms with E-state index in [2.05, 4.69) is 32.5 Å². The predicted octanol–water partition coefficient (Wildman–Crippen LogP) is 4.35. The Kier molecular flexibility index (Phi) is 6.87. The maximum Gasteiger partial charge on any atom is 0.331 e. The lowest BCUT2D eigenvalue weighted by Crippen LogP contribution is -2.48. The SMILES string of the molecule is C=CC(=O)N[C@@H]1CCC[C@@H]1NC(=O)c1sc2nccc3c2c1NC(=O)N3c1cccnc1.CC.